The third-order valence-corrected chi connectivity index (χ3v) is 8.85. The predicted octanol–water partition coefficient (Wildman–Crippen LogP) is 1.17. The summed E-state index contributed by atoms with van der Waals surface area (Å²) in [5.41, 5.74) is 6.30. The number of nitrogens with one attached hydrogen (secondary N) is 4. The summed E-state index contributed by atoms with van der Waals surface area (Å²) >= 11 is -0.358. The summed E-state index contributed by atoms with van der Waals surface area (Å²) in [4.78, 5) is 20.9. The molecule has 5 rings (SSSR count). The Morgan fingerprint density at radius 3 is 3.00 bits per heavy atom. The molecule has 0 fully saturated rings. The van der Waals surface area contributed by atoms with E-state index in [1.807, 2.05) is 6.07 Å². The number of anilines is 3. The molecular weight excluding hydrogens is 524 g/mol. The summed E-state index contributed by atoms with van der Waals surface area (Å²) in [6, 6.07) is 6.60. The second-order valence-electron chi connectivity index (χ2n) is 7.64. The quantitative estimate of drug-likeness (QED) is 0.293. The molecule has 0 radical (unpaired) electrons. The zero-order chi connectivity index (χ0) is 22.2. The van der Waals surface area contributed by atoms with E-state index in [1.165, 1.54) is 18.7 Å². The van der Waals surface area contributed by atoms with Gasteiger partial charge in [-0.3, -0.25) is 0 Å². The SMILES string of the molecule is COc1c(F)cccc1Nc1c2[nH]c3c1C(=O)NCC3[I-]/C=C(/C)CNc1cnccc1-2. The topological polar surface area (TPSA) is 91.1 Å². The average Bonchev–Trinajstić information content (AvgIpc) is 3.16. The minimum atomic E-state index is -0.474. The van der Waals surface area contributed by atoms with Crippen LogP contribution in [0.15, 0.2) is 46.3 Å². The number of H-pyrrole nitrogens is 1. The Kier molecular flexibility index (Phi) is 5.50. The van der Waals surface area contributed by atoms with Crippen molar-refractivity contribution in [3.63, 3.8) is 0 Å². The van der Waals surface area contributed by atoms with Gasteiger partial charge in [-0.05, 0) is 0 Å². The molecule has 7 nitrogen and oxygen atoms in total. The van der Waals surface area contributed by atoms with Crippen molar-refractivity contribution < 1.29 is 35.1 Å². The molecule has 1 atom stereocenters. The van der Waals surface area contributed by atoms with Gasteiger partial charge in [0, 0.05) is 0 Å². The first kappa shape index (κ1) is 20.8. The second kappa shape index (κ2) is 8.45. The van der Waals surface area contributed by atoms with Crippen LogP contribution in [0.5, 0.6) is 5.75 Å². The van der Waals surface area contributed by atoms with Gasteiger partial charge < -0.3 is 0 Å². The van der Waals surface area contributed by atoms with Crippen LogP contribution in [0, 0.1) is 5.82 Å². The molecule has 0 saturated carbocycles. The molecule has 2 aliphatic rings. The number of pyridine rings is 1. The first-order valence-electron chi connectivity index (χ1n) is 10.2. The van der Waals surface area contributed by atoms with Crippen LogP contribution >= 0.6 is 0 Å². The minimum absolute atomic E-state index is 0.0985. The number of hydrogen-bond acceptors (Lipinski definition) is 5. The van der Waals surface area contributed by atoms with E-state index in [-0.39, 0.29) is 36.8 Å². The molecule has 2 aliphatic heterocycles. The molecule has 4 N–H and O–H groups in total. The third kappa shape index (κ3) is 3.60. The Bertz CT molecular complexity index is 1240. The van der Waals surface area contributed by atoms with E-state index in [2.05, 4.69) is 36.9 Å². The molecule has 3 aromatic rings. The van der Waals surface area contributed by atoms with E-state index in [1.54, 1.807) is 24.5 Å². The maximum absolute atomic E-state index is 14.4. The Balaban J connectivity index is 1.75. The van der Waals surface area contributed by atoms with Gasteiger partial charge in [-0.1, -0.05) is 0 Å². The number of para-hydroxylation sites is 1. The number of benzene rings is 1. The van der Waals surface area contributed by atoms with Crippen molar-refractivity contribution in [3.8, 4) is 17.0 Å². The number of alkyl halides is 1. The molecule has 166 valence electrons. The molecule has 2 aromatic heterocycles. The van der Waals surface area contributed by atoms with Gasteiger partial charge in [-0.2, -0.15) is 0 Å². The van der Waals surface area contributed by atoms with E-state index in [9.17, 15) is 9.18 Å². The van der Waals surface area contributed by atoms with Crippen LogP contribution in [0.3, 0.4) is 0 Å². The monoisotopic (exact) mass is 546 g/mol. The summed E-state index contributed by atoms with van der Waals surface area (Å²) in [7, 11) is 1.43. The number of halogens is 2. The third-order valence-electron chi connectivity index (χ3n) is 5.49. The summed E-state index contributed by atoms with van der Waals surface area (Å²) < 4.78 is 22.2. The molecule has 0 aliphatic carbocycles. The second-order valence-corrected chi connectivity index (χ2v) is 10.5. The summed E-state index contributed by atoms with van der Waals surface area (Å²) in [6.07, 6.45) is 3.50. The summed E-state index contributed by atoms with van der Waals surface area (Å²) in [6.45, 7) is 3.44. The predicted molar refractivity (Wildman–Crippen MR) is 118 cm³/mol. The molecule has 1 amide bonds. The van der Waals surface area contributed by atoms with Gasteiger partial charge in [0.15, 0.2) is 0 Å². The van der Waals surface area contributed by atoms with Gasteiger partial charge in [0.1, 0.15) is 0 Å². The summed E-state index contributed by atoms with van der Waals surface area (Å²) in [5, 5.41) is 9.81. The van der Waals surface area contributed by atoms with Crippen LogP contribution in [0.4, 0.5) is 21.5 Å². The van der Waals surface area contributed by atoms with E-state index in [0.29, 0.717) is 23.5 Å². The average molecular weight is 546 g/mol. The Morgan fingerprint density at radius 2 is 2.16 bits per heavy atom. The molecule has 0 saturated heterocycles. The number of methoxy groups -OCH3 is 1. The van der Waals surface area contributed by atoms with Gasteiger partial charge in [0.05, 0.1) is 0 Å². The van der Waals surface area contributed by atoms with E-state index in [0.717, 1.165) is 29.2 Å². The van der Waals surface area contributed by atoms with Crippen molar-refractivity contribution in [2.24, 2.45) is 0 Å². The molecule has 9 heteroatoms. The zero-order valence-corrected chi connectivity index (χ0v) is 19.7. The molecule has 1 aromatic carbocycles. The van der Waals surface area contributed by atoms with E-state index < -0.39 is 5.82 Å². The van der Waals surface area contributed by atoms with Gasteiger partial charge >= 0.3 is 195 Å². The van der Waals surface area contributed by atoms with Crippen LogP contribution in [0.25, 0.3) is 11.3 Å². The van der Waals surface area contributed by atoms with Crippen LogP contribution in [0.2, 0.25) is 0 Å². The van der Waals surface area contributed by atoms with Crippen LogP contribution < -0.4 is 41.9 Å². The fourth-order valence-corrected chi connectivity index (χ4v) is 6.53. The number of carbonyl (C=O) groups is 1. The summed E-state index contributed by atoms with van der Waals surface area (Å²) in [5.74, 6) is -0.527. The van der Waals surface area contributed by atoms with Crippen molar-refractivity contribution in [3.05, 3.63) is 63.4 Å². The van der Waals surface area contributed by atoms with Gasteiger partial charge in [0.2, 0.25) is 0 Å². The number of nitrogens with zero attached hydrogens (tertiary/aromatic N) is 1. The first-order chi connectivity index (χ1) is 15.6. The number of aromatic nitrogens is 2. The molecule has 1 unspecified atom stereocenters. The number of amides is 1. The number of fused-ring (bicyclic) bond motifs is 3. The Labute approximate surface area is 195 Å². The van der Waals surface area contributed by atoms with E-state index in [4.69, 9.17) is 4.74 Å². The van der Waals surface area contributed by atoms with E-state index >= 15 is 0 Å². The van der Waals surface area contributed by atoms with Crippen molar-refractivity contribution >= 4 is 23.0 Å². The first-order valence-corrected chi connectivity index (χ1v) is 12.7. The normalized spacial score (nSPS) is 19.2. The Morgan fingerprint density at radius 1 is 1.28 bits per heavy atom. The van der Waals surface area contributed by atoms with Gasteiger partial charge in [-0.25, -0.2) is 0 Å². The molecule has 4 heterocycles. The maximum atomic E-state index is 14.4. The fraction of sp³-hybridized carbons (Fsp3) is 0.217. The zero-order valence-electron chi connectivity index (χ0n) is 17.6. The Hall–Kier alpha value is -3.08. The number of ether oxygens (including phenoxy) is 1. The molecule has 2 bridgehead atoms. The molecule has 32 heavy (non-hydrogen) atoms. The van der Waals surface area contributed by atoms with Crippen LogP contribution in [-0.2, 0) is 0 Å². The molecule has 0 spiro atoms. The number of aromatic amines is 1. The van der Waals surface area contributed by atoms with Crippen LogP contribution in [-0.4, -0.2) is 36.1 Å². The standard InChI is InChI=1S/C23H22FIN5O2/c1-12-8-25-15-10-28-23(31)18-20(15)30-19(13-6-7-26-11-17(13)27-9-12)21(18)29-16-5-3-4-14(24)22(16)32-2/h3-8,11,15,27,29-30H,9-10H2,1-2H3,(H,28,31)/q-1/b12-8-. The van der Waals surface area contributed by atoms with Crippen molar-refractivity contribution in [2.45, 2.75) is 10.8 Å². The number of carbonyl (C=O) groups excluding carboxylic acids is 1. The number of rotatable bonds is 3. The van der Waals surface area contributed by atoms with Crippen LogP contribution in [0.1, 0.15) is 26.9 Å². The van der Waals surface area contributed by atoms with Gasteiger partial charge in [-0.15, -0.1) is 0 Å². The number of hydrogen-bond donors (Lipinski definition) is 4. The molecular formula is C23H22FIN5O2-. The van der Waals surface area contributed by atoms with Crippen molar-refractivity contribution in [1.82, 2.24) is 15.3 Å². The van der Waals surface area contributed by atoms with Crippen molar-refractivity contribution in [1.29, 1.82) is 0 Å². The van der Waals surface area contributed by atoms with Crippen molar-refractivity contribution in [2.75, 3.05) is 30.8 Å². The fourth-order valence-electron chi connectivity index (χ4n) is 3.96. The van der Waals surface area contributed by atoms with Gasteiger partial charge in [0.25, 0.3) is 0 Å².